The zero-order valence-electron chi connectivity index (χ0n) is 19.0. The van der Waals surface area contributed by atoms with Crippen LogP contribution in [-0.4, -0.2) is 31.5 Å². The molecular formula is C27H18FN5O2S. The second-order valence-electron chi connectivity index (χ2n) is 7.99. The summed E-state index contributed by atoms with van der Waals surface area (Å²) >= 11 is 1.24. The number of halogens is 1. The van der Waals surface area contributed by atoms with Crippen molar-refractivity contribution in [2.45, 2.75) is 0 Å². The van der Waals surface area contributed by atoms with Crippen molar-refractivity contribution in [2.75, 3.05) is 7.11 Å². The Morgan fingerprint density at radius 3 is 2.33 bits per heavy atom. The van der Waals surface area contributed by atoms with Crippen LogP contribution in [0, 0.1) is 5.82 Å². The van der Waals surface area contributed by atoms with E-state index in [0.717, 1.165) is 28.3 Å². The molecule has 0 radical (unpaired) electrons. The van der Waals surface area contributed by atoms with Gasteiger partial charge in [0.25, 0.3) is 5.56 Å². The molecule has 0 spiro atoms. The molecule has 3 aromatic carbocycles. The average molecular weight is 496 g/mol. The Morgan fingerprint density at radius 1 is 0.917 bits per heavy atom. The molecule has 0 unspecified atom stereocenters. The molecule has 0 aliphatic heterocycles. The minimum absolute atomic E-state index is 0.274. The van der Waals surface area contributed by atoms with Crippen LogP contribution in [0.15, 0.2) is 89.9 Å². The summed E-state index contributed by atoms with van der Waals surface area (Å²) in [4.78, 5) is 18.1. The van der Waals surface area contributed by atoms with Gasteiger partial charge in [0.05, 0.1) is 17.3 Å². The molecule has 0 aliphatic rings. The van der Waals surface area contributed by atoms with Gasteiger partial charge in [0.1, 0.15) is 17.3 Å². The lowest BCUT2D eigenvalue weighted by molar-refractivity contribution is 0.415. The fourth-order valence-corrected chi connectivity index (χ4v) is 4.77. The number of benzene rings is 3. The molecule has 0 saturated heterocycles. The summed E-state index contributed by atoms with van der Waals surface area (Å²) in [6.45, 7) is 0. The molecule has 0 aliphatic carbocycles. The van der Waals surface area contributed by atoms with Gasteiger partial charge in [-0.2, -0.15) is 14.6 Å². The number of hydrogen-bond donors (Lipinski definition) is 0. The molecular weight excluding hydrogens is 477 g/mol. The molecule has 0 bridgehead atoms. The Balaban J connectivity index is 1.47. The highest BCUT2D eigenvalue weighted by atomic mass is 32.1. The minimum atomic E-state index is -0.343. The maximum absolute atomic E-state index is 13.3. The van der Waals surface area contributed by atoms with E-state index in [0.29, 0.717) is 20.9 Å². The number of ether oxygens (including phenoxy) is 1. The highest BCUT2D eigenvalue weighted by Crippen LogP contribution is 2.26. The number of rotatable bonds is 5. The third-order valence-corrected chi connectivity index (χ3v) is 6.66. The molecule has 0 atom stereocenters. The number of para-hydroxylation sites is 1. The van der Waals surface area contributed by atoms with Crippen LogP contribution in [0.1, 0.15) is 5.56 Å². The molecule has 7 nitrogen and oxygen atoms in total. The highest BCUT2D eigenvalue weighted by Gasteiger charge is 2.15. The van der Waals surface area contributed by atoms with Gasteiger partial charge in [-0.25, -0.2) is 9.07 Å². The third kappa shape index (κ3) is 3.95. The average Bonchev–Trinajstić information content (AvgIpc) is 3.60. The van der Waals surface area contributed by atoms with Crippen LogP contribution in [0.4, 0.5) is 4.39 Å². The van der Waals surface area contributed by atoms with Gasteiger partial charge in [0, 0.05) is 22.9 Å². The maximum atomic E-state index is 13.3. The Bertz CT molecular complexity index is 1790. The summed E-state index contributed by atoms with van der Waals surface area (Å²) in [7, 11) is 1.62. The van der Waals surface area contributed by atoms with Crippen molar-refractivity contribution in [1.82, 2.24) is 24.4 Å². The normalized spacial score (nSPS) is 11.9. The Kier molecular flexibility index (Phi) is 5.38. The monoisotopic (exact) mass is 495 g/mol. The standard InChI is InChI=1S/C27H18FN5O2S/c1-35-22-13-9-17(10-14-22)24-19(16-32(30-24)21-5-3-2-4-6-21)15-23-26(34)33-27(36-23)29-25(31-33)18-7-11-20(28)12-8-18/h2-16H,1H3. The van der Waals surface area contributed by atoms with Gasteiger partial charge < -0.3 is 4.74 Å². The molecule has 0 amide bonds. The van der Waals surface area contributed by atoms with Gasteiger partial charge >= 0.3 is 0 Å². The second-order valence-corrected chi connectivity index (χ2v) is 9.00. The van der Waals surface area contributed by atoms with Crippen molar-refractivity contribution in [1.29, 1.82) is 0 Å². The van der Waals surface area contributed by atoms with E-state index in [1.807, 2.05) is 66.9 Å². The molecule has 6 rings (SSSR count). The number of methoxy groups -OCH3 is 1. The van der Waals surface area contributed by atoms with Crippen LogP contribution >= 0.6 is 11.3 Å². The fraction of sp³-hybridized carbons (Fsp3) is 0.0370. The molecule has 176 valence electrons. The van der Waals surface area contributed by atoms with Gasteiger partial charge in [0.2, 0.25) is 4.96 Å². The first-order chi connectivity index (χ1) is 17.6. The summed E-state index contributed by atoms with van der Waals surface area (Å²) in [6, 6.07) is 23.2. The van der Waals surface area contributed by atoms with Crippen molar-refractivity contribution in [3.63, 3.8) is 0 Å². The minimum Gasteiger partial charge on any atom is -0.497 e. The molecule has 3 heterocycles. The zero-order chi connectivity index (χ0) is 24.6. The Hall–Kier alpha value is -4.63. The lowest BCUT2D eigenvalue weighted by Gasteiger charge is -2.02. The van der Waals surface area contributed by atoms with E-state index in [9.17, 15) is 9.18 Å². The van der Waals surface area contributed by atoms with Crippen molar-refractivity contribution in [2.24, 2.45) is 0 Å². The Labute approximate surface area is 208 Å². The van der Waals surface area contributed by atoms with Crippen LogP contribution in [-0.2, 0) is 0 Å². The lowest BCUT2D eigenvalue weighted by Crippen LogP contribution is -2.23. The van der Waals surface area contributed by atoms with Crippen molar-refractivity contribution in [3.8, 4) is 34.1 Å². The molecule has 3 aromatic heterocycles. The van der Waals surface area contributed by atoms with Gasteiger partial charge in [-0.15, -0.1) is 5.10 Å². The van der Waals surface area contributed by atoms with Crippen LogP contribution in [0.5, 0.6) is 5.75 Å². The largest absolute Gasteiger partial charge is 0.497 e. The summed E-state index contributed by atoms with van der Waals surface area (Å²) in [5.41, 5.74) is 3.67. The SMILES string of the molecule is COc1ccc(-c2nn(-c3ccccc3)cc2C=c2sc3nc(-c4ccc(F)cc4)nn3c2=O)cc1. The molecule has 0 N–H and O–H groups in total. The first-order valence-corrected chi connectivity index (χ1v) is 11.9. The predicted molar refractivity (Wildman–Crippen MR) is 137 cm³/mol. The zero-order valence-corrected chi connectivity index (χ0v) is 19.8. The molecule has 6 aromatic rings. The van der Waals surface area contributed by atoms with Crippen molar-refractivity contribution < 1.29 is 9.13 Å². The van der Waals surface area contributed by atoms with E-state index in [1.165, 1.54) is 28.0 Å². The number of nitrogens with zero attached hydrogens (tertiary/aromatic N) is 5. The van der Waals surface area contributed by atoms with Crippen LogP contribution < -0.4 is 14.8 Å². The summed E-state index contributed by atoms with van der Waals surface area (Å²) < 4.78 is 22.1. The van der Waals surface area contributed by atoms with E-state index in [2.05, 4.69) is 10.1 Å². The predicted octanol–water partition coefficient (Wildman–Crippen LogP) is 4.37. The van der Waals surface area contributed by atoms with Gasteiger partial charge in [-0.05, 0) is 66.7 Å². The smallest absolute Gasteiger partial charge is 0.291 e. The first-order valence-electron chi connectivity index (χ1n) is 11.1. The van der Waals surface area contributed by atoms with E-state index < -0.39 is 0 Å². The third-order valence-electron chi connectivity index (χ3n) is 5.70. The fourth-order valence-electron chi connectivity index (χ4n) is 3.88. The Morgan fingerprint density at radius 2 is 1.64 bits per heavy atom. The van der Waals surface area contributed by atoms with E-state index in [1.54, 1.807) is 23.9 Å². The van der Waals surface area contributed by atoms with Crippen LogP contribution in [0.3, 0.4) is 0 Å². The summed E-state index contributed by atoms with van der Waals surface area (Å²) in [5.74, 6) is 0.779. The van der Waals surface area contributed by atoms with Crippen molar-refractivity contribution >= 4 is 22.4 Å². The van der Waals surface area contributed by atoms with Gasteiger partial charge in [0.15, 0.2) is 5.82 Å². The number of hydrogen-bond acceptors (Lipinski definition) is 6. The molecule has 0 saturated carbocycles. The molecule has 9 heteroatoms. The summed E-state index contributed by atoms with van der Waals surface area (Å²) in [6.07, 6.45) is 3.71. The quantitative estimate of drug-likeness (QED) is 0.355. The maximum Gasteiger partial charge on any atom is 0.291 e. The topological polar surface area (TPSA) is 74.3 Å². The van der Waals surface area contributed by atoms with Crippen LogP contribution in [0.2, 0.25) is 0 Å². The number of thiazole rings is 1. The second kappa shape index (κ2) is 8.86. The van der Waals surface area contributed by atoms with E-state index >= 15 is 0 Å². The lowest BCUT2D eigenvalue weighted by atomic mass is 10.1. The van der Waals surface area contributed by atoms with Crippen molar-refractivity contribution in [3.05, 3.63) is 111 Å². The number of aromatic nitrogens is 5. The van der Waals surface area contributed by atoms with Gasteiger partial charge in [-0.1, -0.05) is 29.5 Å². The molecule has 36 heavy (non-hydrogen) atoms. The first kappa shape index (κ1) is 21.9. The molecule has 0 fully saturated rings. The summed E-state index contributed by atoms with van der Waals surface area (Å²) in [5, 5.41) is 9.17. The number of fused-ring (bicyclic) bond motifs is 1. The van der Waals surface area contributed by atoms with Crippen LogP contribution in [0.25, 0.3) is 39.4 Å². The van der Waals surface area contributed by atoms with E-state index in [-0.39, 0.29) is 11.4 Å². The highest BCUT2D eigenvalue weighted by molar-refractivity contribution is 7.15. The van der Waals surface area contributed by atoms with E-state index in [4.69, 9.17) is 9.84 Å². The van der Waals surface area contributed by atoms with Gasteiger partial charge in [-0.3, -0.25) is 4.79 Å².